The van der Waals surface area contributed by atoms with Crippen molar-refractivity contribution in [3.8, 4) is 0 Å². The lowest BCUT2D eigenvalue weighted by Crippen LogP contribution is -2.46. The van der Waals surface area contributed by atoms with Gasteiger partial charge in [-0.05, 0) is 30.7 Å². The molecule has 3 heterocycles. The molecule has 128 valence electrons. The summed E-state index contributed by atoms with van der Waals surface area (Å²) in [5, 5.41) is 0.903. The van der Waals surface area contributed by atoms with Gasteiger partial charge in [0.1, 0.15) is 18.0 Å². The fourth-order valence-electron chi connectivity index (χ4n) is 3.31. The highest BCUT2D eigenvalue weighted by Crippen LogP contribution is 2.24. The third-order valence-electron chi connectivity index (χ3n) is 4.76. The molecule has 1 aliphatic rings. The monoisotopic (exact) mass is 337 g/mol. The van der Waals surface area contributed by atoms with E-state index in [0.29, 0.717) is 5.52 Å². The number of aromatic nitrogens is 3. The Morgan fingerprint density at radius 2 is 1.88 bits per heavy atom. The molecule has 2 aromatic heterocycles. The second kappa shape index (κ2) is 6.72. The van der Waals surface area contributed by atoms with Crippen LogP contribution in [0.3, 0.4) is 0 Å². The van der Waals surface area contributed by atoms with E-state index in [2.05, 4.69) is 37.7 Å². The summed E-state index contributed by atoms with van der Waals surface area (Å²) in [6, 6.07) is 8.83. The molecule has 1 aliphatic heterocycles. The Morgan fingerprint density at radius 1 is 1.04 bits per heavy atom. The third-order valence-corrected chi connectivity index (χ3v) is 4.76. The number of rotatable bonds is 3. The van der Waals surface area contributed by atoms with Gasteiger partial charge >= 0.3 is 0 Å². The molecule has 1 fully saturated rings. The second-order valence-corrected chi connectivity index (χ2v) is 6.37. The first kappa shape index (κ1) is 15.9. The van der Waals surface area contributed by atoms with Crippen LogP contribution >= 0.6 is 0 Å². The van der Waals surface area contributed by atoms with Crippen LogP contribution in [0.5, 0.6) is 0 Å². The van der Waals surface area contributed by atoms with Crippen molar-refractivity contribution in [1.29, 1.82) is 0 Å². The van der Waals surface area contributed by atoms with E-state index in [9.17, 15) is 4.39 Å². The maximum atomic E-state index is 13.4. The number of fused-ring (bicyclic) bond motifs is 1. The number of aryl methyl sites for hydroxylation is 1. The number of hydrogen-bond acceptors (Lipinski definition) is 5. The number of benzene rings is 1. The van der Waals surface area contributed by atoms with Crippen molar-refractivity contribution in [2.75, 3.05) is 31.1 Å². The van der Waals surface area contributed by atoms with Crippen LogP contribution in [0.25, 0.3) is 10.9 Å². The fraction of sp³-hybridized carbons (Fsp3) is 0.316. The van der Waals surface area contributed by atoms with Crippen molar-refractivity contribution in [3.63, 3.8) is 0 Å². The molecule has 3 aromatic rings. The summed E-state index contributed by atoms with van der Waals surface area (Å²) in [7, 11) is 0. The summed E-state index contributed by atoms with van der Waals surface area (Å²) in [6.07, 6.45) is 3.35. The highest BCUT2D eigenvalue weighted by molar-refractivity contribution is 5.89. The summed E-state index contributed by atoms with van der Waals surface area (Å²) in [4.78, 5) is 17.7. The molecule has 0 N–H and O–H groups in total. The molecular formula is C19H20FN5. The van der Waals surface area contributed by atoms with E-state index >= 15 is 0 Å². The average molecular weight is 337 g/mol. The Balaban J connectivity index is 1.48. The van der Waals surface area contributed by atoms with E-state index in [1.807, 2.05) is 12.3 Å². The molecule has 4 rings (SSSR count). The number of nitrogens with zero attached hydrogens (tertiary/aromatic N) is 5. The van der Waals surface area contributed by atoms with Gasteiger partial charge in [0, 0.05) is 56.1 Å². The summed E-state index contributed by atoms with van der Waals surface area (Å²) in [5.41, 5.74) is 3.02. The molecule has 25 heavy (non-hydrogen) atoms. The number of halogens is 1. The zero-order valence-electron chi connectivity index (χ0n) is 14.2. The second-order valence-electron chi connectivity index (χ2n) is 6.37. The first-order valence-electron chi connectivity index (χ1n) is 8.49. The molecule has 6 heteroatoms. The van der Waals surface area contributed by atoms with Crippen molar-refractivity contribution in [2.45, 2.75) is 13.5 Å². The van der Waals surface area contributed by atoms with E-state index in [1.165, 1.54) is 24.0 Å². The van der Waals surface area contributed by atoms with Gasteiger partial charge < -0.3 is 4.90 Å². The SMILES string of the molecule is Cc1ncccc1CN1CCN(c2ncnc3cc(F)ccc23)CC1. The fourth-order valence-corrected chi connectivity index (χ4v) is 3.31. The van der Waals surface area contributed by atoms with Crippen LogP contribution in [0.4, 0.5) is 10.2 Å². The summed E-state index contributed by atoms with van der Waals surface area (Å²) >= 11 is 0. The van der Waals surface area contributed by atoms with E-state index in [1.54, 1.807) is 6.07 Å². The van der Waals surface area contributed by atoms with Crippen molar-refractivity contribution >= 4 is 16.7 Å². The number of hydrogen-bond donors (Lipinski definition) is 0. The predicted molar refractivity (Wildman–Crippen MR) is 96.0 cm³/mol. The van der Waals surface area contributed by atoms with Crippen molar-refractivity contribution in [2.24, 2.45) is 0 Å². The lowest BCUT2D eigenvalue weighted by molar-refractivity contribution is 0.249. The van der Waals surface area contributed by atoms with Crippen LogP contribution in [0.2, 0.25) is 0 Å². The minimum absolute atomic E-state index is 0.270. The zero-order chi connectivity index (χ0) is 17.2. The van der Waals surface area contributed by atoms with E-state index in [0.717, 1.165) is 49.6 Å². The van der Waals surface area contributed by atoms with Gasteiger partial charge in [-0.15, -0.1) is 0 Å². The summed E-state index contributed by atoms with van der Waals surface area (Å²) in [5.74, 6) is 0.621. The average Bonchev–Trinajstić information content (AvgIpc) is 2.63. The van der Waals surface area contributed by atoms with Gasteiger partial charge in [-0.3, -0.25) is 9.88 Å². The topological polar surface area (TPSA) is 45.2 Å². The predicted octanol–water partition coefficient (Wildman–Crippen LogP) is 2.79. The molecule has 0 aliphatic carbocycles. The number of anilines is 1. The van der Waals surface area contributed by atoms with Crippen LogP contribution in [-0.2, 0) is 6.54 Å². The summed E-state index contributed by atoms with van der Waals surface area (Å²) in [6.45, 7) is 6.68. The highest BCUT2D eigenvalue weighted by Gasteiger charge is 2.20. The lowest BCUT2D eigenvalue weighted by atomic mass is 10.1. The molecule has 0 unspecified atom stereocenters. The van der Waals surface area contributed by atoms with Crippen molar-refractivity contribution in [1.82, 2.24) is 19.9 Å². The van der Waals surface area contributed by atoms with Crippen LogP contribution in [0, 0.1) is 12.7 Å². The molecule has 1 aromatic carbocycles. The van der Waals surface area contributed by atoms with E-state index < -0.39 is 0 Å². The molecule has 0 radical (unpaired) electrons. The lowest BCUT2D eigenvalue weighted by Gasteiger charge is -2.35. The van der Waals surface area contributed by atoms with Gasteiger partial charge in [-0.1, -0.05) is 6.07 Å². The van der Waals surface area contributed by atoms with Gasteiger partial charge in [0.2, 0.25) is 0 Å². The molecule has 0 atom stereocenters. The van der Waals surface area contributed by atoms with Crippen LogP contribution in [0.1, 0.15) is 11.3 Å². The quantitative estimate of drug-likeness (QED) is 0.735. The van der Waals surface area contributed by atoms with Gasteiger partial charge in [-0.2, -0.15) is 0 Å². The number of pyridine rings is 1. The smallest absolute Gasteiger partial charge is 0.139 e. The molecule has 0 spiro atoms. The molecule has 0 bridgehead atoms. The van der Waals surface area contributed by atoms with Gasteiger partial charge in [0.25, 0.3) is 0 Å². The first-order chi connectivity index (χ1) is 12.2. The minimum atomic E-state index is -0.270. The summed E-state index contributed by atoms with van der Waals surface area (Å²) < 4.78 is 13.4. The molecular weight excluding hydrogens is 317 g/mol. The van der Waals surface area contributed by atoms with Crippen LogP contribution in [-0.4, -0.2) is 46.0 Å². The molecule has 0 amide bonds. The normalized spacial score (nSPS) is 15.7. The molecule has 0 saturated carbocycles. The Kier molecular flexibility index (Phi) is 4.28. The van der Waals surface area contributed by atoms with E-state index in [-0.39, 0.29) is 5.82 Å². The zero-order valence-corrected chi connectivity index (χ0v) is 14.2. The Hall–Kier alpha value is -2.60. The van der Waals surface area contributed by atoms with E-state index in [4.69, 9.17) is 0 Å². The maximum Gasteiger partial charge on any atom is 0.139 e. The Labute approximate surface area is 146 Å². The highest BCUT2D eigenvalue weighted by atomic mass is 19.1. The minimum Gasteiger partial charge on any atom is -0.353 e. The van der Waals surface area contributed by atoms with Crippen LogP contribution in [0.15, 0.2) is 42.9 Å². The molecule has 1 saturated heterocycles. The van der Waals surface area contributed by atoms with Crippen molar-refractivity contribution in [3.05, 3.63) is 59.9 Å². The Bertz CT molecular complexity index is 890. The van der Waals surface area contributed by atoms with Crippen LogP contribution < -0.4 is 4.90 Å². The van der Waals surface area contributed by atoms with Gasteiger partial charge in [0.15, 0.2) is 0 Å². The number of piperazine rings is 1. The van der Waals surface area contributed by atoms with Gasteiger partial charge in [-0.25, -0.2) is 14.4 Å². The Morgan fingerprint density at radius 3 is 2.68 bits per heavy atom. The first-order valence-corrected chi connectivity index (χ1v) is 8.49. The third kappa shape index (κ3) is 3.30. The molecule has 5 nitrogen and oxygen atoms in total. The largest absolute Gasteiger partial charge is 0.353 e. The standard InChI is InChI=1S/C19H20FN5/c1-14-15(3-2-6-21-14)12-24-7-9-25(10-8-24)19-17-5-4-16(20)11-18(17)22-13-23-19/h2-6,11,13H,7-10,12H2,1H3. The maximum absolute atomic E-state index is 13.4. The van der Waals surface area contributed by atoms with Gasteiger partial charge in [0.05, 0.1) is 5.52 Å². The van der Waals surface area contributed by atoms with Crippen molar-refractivity contribution < 1.29 is 4.39 Å².